The Balaban J connectivity index is 2.15. The molecular formula is C15H21ClN2O2. The van der Waals surface area contributed by atoms with E-state index in [0.717, 1.165) is 18.4 Å². The van der Waals surface area contributed by atoms with Crippen molar-refractivity contribution in [3.63, 3.8) is 0 Å². The lowest BCUT2D eigenvalue weighted by Gasteiger charge is -2.27. The highest BCUT2D eigenvalue weighted by Gasteiger charge is 2.23. The topological polar surface area (TPSA) is 64.3 Å². The average molecular weight is 297 g/mol. The molecule has 0 aromatic heterocycles. The number of ether oxygens (including phenoxy) is 1. The highest BCUT2D eigenvalue weighted by molar-refractivity contribution is 6.32. The molecule has 1 fully saturated rings. The molecule has 110 valence electrons. The molecule has 4 nitrogen and oxygen atoms in total. The van der Waals surface area contributed by atoms with Gasteiger partial charge in [0.25, 0.3) is 0 Å². The van der Waals surface area contributed by atoms with E-state index in [-0.39, 0.29) is 5.91 Å². The number of nitrogens with one attached hydrogen (secondary N) is 1. The van der Waals surface area contributed by atoms with Crippen LogP contribution in [0.5, 0.6) is 5.75 Å². The van der Waals surface area contributed by atoms with E-state index in [1.807, 2.05) is 6.07 Å². The number of primary amides is 1. The third-order valence-electron chi connectivity index (χ3n) is 3.80. The molecule has 5 heteroatoms. The second-order valence-electron chi connectivity index (χ2n) is 5.23. The lowest BCUT2D eigenvalue weighted by atomic mass is 9.94. The number of rotatable bonds is 5. The van der Waals surface area contributed by atoms with Gasteiger partial charge < -0.3 is 10.5 Å². The van der Waals surface area contributed by atoms with E-state index in [1.54, 1.807) is 19.2 Å². The van der Waals surface area contributed by atoms with Gasteiger partial charge in [0.15, 0.2) is 0 Å². The fourth-order valence-corrected chi connectivity index (χ4v) is 2.98. The van der Waals surface area contributed by atoms with Crippen LogP contribution in [0.15, 0.2) is 18.2 Å². The Kier molecular flexibility index (Phi) is 5.26. The van der Waals surface area contributed by atoms with Crippen LogP contribution in [0, 0.1) is 0 Å². The van der Waals surface area contributed by atoms with E-state index in [4.69, 9.17) is 22.1 Å². The SMILES string of the molecule is COc1ccc(C(NC2CCCCC2)C(N)=O)cc1Cl. The number of hydrogen-bond donors (Lipinski definition) is 2. The Hall–Kier alpha value is -1.26. The van der Waals surface area contributed by atoms with Crippen LogP contribution in [0.4, 0.5) is 0 Å². The van der Waals surface area contributed by atoms with Crippen LogP contribution in [0.25, 0.3) is 0 Å². The van der Waals surface area contributed by atoms with Gasteiger partial charge in [0.1, 0.15) is 11.8 Å². The predicted molar refractivity (Wildman–Crippen MR) is 79.9 cm³/mol. The molecule has 3 N–H and O–H groups in total. The molecule has 0 spiro atoms. The quantitative estimate of drug-likeness (QED) is 0.878. The molecule has 1 saturated carbocycles. The zero-order chi connectivity index (χ0) is 14.5. The standard InChI is InChI=1S/C15H21ClN2O2/c1-20-13-8-7-10(9-12(13)16)14(15(17)19)18-11-5-3-2-4-6-11/h7-9,11,14,18H,2-6H2,1H3,(H2,17,19). The molecule has 1 aliphatic carbocycles. The van der Waals surface area contributed by atoms with Crippen molar-refractivity contribution in [2.24, 2.45) is 5.73 Å². The Morgan fingerprint density at radius 3 is 2.65 bits per heavy atom. The minimum absolute atomic E-state index is 0.349. The molecule has 0 saturated heterocycles. The largest absolute Gasteiger partial charge is 0.495 e. The van der Waals surface area contributed by atoms with Crippen LogP contribution < -0.4 is 15.8 Å². The monoisotopic (exact) mass is 296 g/mol. The van der Waals surface area contributed by atoms with Crippen molar-refractivity contribution >= 4 is 17.5 Å². The van der Waals surface area contributed by atoms with Gasteiger partial charge in [-0.3, -0.25) is 10.1 Å². The first-order valence-electron chi connectivity index (χ1n) is 7.00. The van der Waals surface area contributed by atoms with E-state index in [0.29, 0.717) is 16.8 Å². The van der Waals surface area contributed by atoms with Gasteiger partial charge in [-0.15, -0.1) is 0 Å². The van der Waals surface area contributed by atoms with Gasteiger partial charge in [0.2, 0.25) is 5.91 Å². The van der Waals surface area contributed by atoms with E-state index in [9.17, 15) is 4.79 Å². The van der Waals surface area contributed by atoms with Crippen molar-refractivity contribution in [2.45, 2.75) is 44.2 Å². The summed E-state index contributed by atoms with van der Waals surface area (Å²) in [6, 6.07) is 5.18. The van der Waals surface area contributed by atoms with Crippen molar-refractivity contribution < 1.29 is 9.53 Å². The van der Waals surface area contributed by atoms with Crippen molar-refractivity contribution in [3.8, 4) is 5.75 Å². The van der Waals surface area contributed by atoms with Crippen molar-refractivity contribution in [1.29, 1.82) is 0 Å². The summed E-state index contributed by atoms with van der Waals surface area (Å²) in [5.74, 6) is 0.216. The summed E-state index contributed by atoms with van der Waals surface area (Å²) in [6.07, 6.45) is 5.86. The third-order valence-corrected chi connectivity index (χ3v) is 4.10. The number of halogens is 1. The van der Waals surface area contributed by atoms with Crippen LogP contribution in [-0.2, 0) is 4.79 Å². The number of nitrogens with two attached hydrogens (primary N) is 1. The van der Waals surface area contributed by atoms with E-state index >= 15 is 0 Å². The second-order valence-corrected chi connectivity index (χ2v) is 5.64. The van der Waals surface area contributed by atoms with Gasteiger partial charge in [-0.25, -0.2) is 0 Å². The van der Waals surface area contributed by atoms with Gasteiger partial charge in [-0.1, -0.05) is 36.9 Å². The average Bonchev–Trinajstić information content (AvgIpc) is 2.45. The van der Waals surface area contributed by atoms with Gasteiger partial charge in [-0.2, -0.15) is 0 Å². The van der Waals surface area contributed by atoms with Crippen LogP contribution in [0.2, 0.25) is 5.02 Å². The summed E-state index contributed by atoms with van der Waals surface area (Å²) in [4.78, 5) is 11.7. The number of hydrogen-bond acceptors (Lipinski definition) is 3. The lowest BCUT2D eigenvalue weighted by Crippen LogP contribution is -2.40. The summed E-state index contributed by atoms with van der Waals surface area (Å²) >= 11 is 6.12. The predicted octanol–water partition coefficient (Wildman–Crippen LogP) is 2.80. The third kappa shape index (κ3) is 3.64. The number of methoxy groups -OCH3 is 1. The van der Waals surface area contributed by atoms with Gasteiger partial charge in [0.05, 0.1) is 12.1 Å². The smallest absolute Gasteiger partial charge is 0.239 e. The maximum absolute atomic E-state index is 11.7. The van der Waals surface area contributed by atoms with Crippen molar-refractivity contribution in [3.05, 3.63) is 28.8 Å². The number of benzene rings is 1. The first-order chi connectivity index (χ1) is 9.61. The Morgan fingerprint density at radius 1 is 1.40 bits per heavy atom. The molecule has 1 amide bonds. The molecule has 0 radical (unpaired) electrons. The number of amides is 1. The number of carbonyl (C=O) groups is 1. The Labute approximate surface area is 124 Å². The Morgan fingerprint density at radius 2 is 2.10 bits per heavy atom. The molecule has 1 atom stereocenters. The molecule has 1 aromatic rings. The molecule has 0 heterocycles. The van der Waals surface area contributed by atoms with Crippen LogP contribution in [0.1, 0.15) is 43.7 Å². The summed E-state index contributed by atoms with van der Waals surface area (Å²) in [5.41, 5.74) is 6.32. The minimum atomic E-state index is -0.499. The highest BCUT2D eigenvalue weighted by Crippen LogP contribution is 2.28. The number of carbonyl (C=O) groups excluding carboxylic acids is 1. The minimum Gasteiger partial charge on any atom is -0.495 e. The maximum Gasteiger partial charge on any atom is 0.239 e. The van der Waals surface area contributed by atoms with Gasteiger partial charge in [-0.05, 0) is 30.5 Å². The van der Waals surface area contributed by atoms with Crippen LogP contribution in [-0.4, -0.2) is 19.1 Å². The van der Waals surface area contributed by atoms with Crippen LogP contribution >= 0.6 is 11.6 Å². The molecule has 0 aliphatic heterocycles. The second kappa shape index (κ2) is 6.95. The van der Waals surface area contributed by atoms with E-state index in [2.05, 4.69) is 5.32 Å². The normalized spacial score (nSPS) is 17.7. The van der Waals surface area contributed by atoms with Crippen molar-refractivity contribution in [2.75, 3.05) is 7.11 Å². The van der Waals surface area contributed by atoms with Crippen molar-refractivity contribution in [1.82, 2.24) is 5.32 Å². The lowest BCUT2D eigenvalue weighted by molar-refractivity contribution is -0.120. The first-order valence-corrected chi connectivity index (χ1v) is 7.38. The highest BCUT2D eigenvalue weighted by atomic mass is 35.5. The summed E-state index contributed by atoms with van der Waals surface area (Å²) in [7, 11) is 1.56. The fraction of sp³-hybridized carbons (Fsp3) is 0.533. The Bertz CT molecular complexity index is 473. The van der Waals surface area contributed by atoms with E-state index < -0.39 is 6.04 Å². The molecule has 1 unspecified atom stereocenters. The van der Waals surface area contributed by atoms with Crippen LogP contribution in [0.3, 0.4) is 0 Å². The summed E-state index contributed by atoms with van der Waals surface area (Å²) in [6.45, 7) is 0. The molecule has 1 aliphatic rings. The summed E-state index contributed by atoms with van der Waals surface area (Å²) < 4.78 is 5.12. The van der Waals surface area contributed by atoms with E-state index in [1.165, 1.54) is 19.3 Å². The first kappa shape index (κ1) is 15.1. The fourth-order valence-electron chi connectivity index (χ4n) is 2.71. The zero-order valence-electron chi connectivity index (χ0n) is 11.7. The maximum atomic E-state index is 11.7. The molecule has 0 bridgehead atoms. The van der Waals surface area contributed by atoms with Gasteiger partial charge >= 0.3 is 0 Å². The molecular weight excluding hydrogens is 276 g/mol. The summed E-state index contributed by atoms with van der Waals surface area (Å²) in [5, 5.41) is 3.85. The molecule has 1 aromatic carbocycles. The molecule has 2 rings (SSSR count). The molecule has 20 heavy (non-hydrogen) atoms. The zero-order valence-corrected chi connectivity index (χ0v) is 12.5. The van der Waals surface area contributed by atoms with Gasteiger partial charge in [0, 0.05) is 6.04 Å².